The number of hydrogen-bond donors (Lipinski definition) is 0. The van der Waals surface area contributed by atoms with Crippen LogP contribution < -0.4 is 19.6 Å². The zero-order chi connectivity index (χ0) is 48.7. The van der Waals surface area contributed by atoms with Gasteiger partial charge in [0.05, 0.1) is 23.5 Å². The highest BCUT2D eigenvalue weighted by molar-refractivity contribution is 6.12. The van der Waals surface area contributed by atoms with Gasteiger partial charge in [-0.3, -0.25) is 0 Å². The van der Waals surface area contributed by atoms with Gasteiger partial charge in [0.25, 0.3) is 0 Å². The van der Waals surface area contributed by atoms with Gasteiger partial charge >= 0.3 is 0 Å². The lowest BCUT2D eigenvalue weighted by atomic mass is 9.78. The van der Waals surface area contributed by atoms with Gasteiger partial charge < -0.3 is 19.6 Å². The molecule has 0 N–H and O–H groups in total. The quantitative estimate of drug-likeness (QED) is 0.121. The molecule has 72 heavy (non-hydrogen) atoms. The maximum Gasteiger partial charge on any atom is 0.0805 e. The molecule has 2 aliphatic rings. The first-order valence-electron chi connectivity index (χ1n) is 25.1. The van der Waals surface area contributed by atoms with Gasteiger partial charge in [-0.15, -0.1) is 0 Å². The summed E-state index contributed by atoms with van der Waals surface area (Å²) in [5.74, 6) is 0. The van der Waals surface area contributed by atoms with E-state index in [0.29, 0.717) is 0 Å². The number of anilines is 8. The second-order valence-corrected chi connectivity index (χ2v) is 19.2. The maximum absolute atomic E-state index is 2.53. The topological polar surface area (TPSA) is 13.0 Å². The highest BCUT2D eigenvalue weighted by Crippen LogP contribution is 2.54. The Morgan fingerprint density at radius 1 is 0.250 bits per heavy atom. The van der Waals surface area contributed by atoms with Crippen LogP contribution in [0.1, 0.15) is 56.6 Å². The van der Waals surface area contributed by atoms with Crippen LogP contribution in [0, 0.1) is 27.7 Å². The third-order valence-corrected chi connectivity index (χ3v) is 14.4. The van der Waals surface area contributed by atoms with E-state index in [-0.39, 0.29) is 12.1 Å². The Morgan fingerprint density at radius 2 is 0.500 bits per heavy atom. The van der Waals surface area contributed by atoms with Gasteiger partial charge in [0.15, 0.2) is 0 Å². The lowest BCUT2D eigenvalue weighted by Gasteiger charge is -2.42. The first kappa shape index (κ1) is 44.4. The summed E-state index contributed by atoms with van der Waals surface area (Å²) in [6.07, 6.45) is 5.03. The van der Waals surface area contributed by atoms with Crippen LogP contribution in [0.2, 0.25) is 0 Å². The summed E-state index contributed by atoms with van der Waals surface area (Å²) in [4.78, 5) is 10.0. The van der Waals surface area contributed by atoms with E-state index >= 15 is 0 Å². The molecule has 10 aromatic carbocycles. The molecule has 4 heteroatoms. The van der Waals surface area contributed by atoms with Crippen molar-refractivity contribution in [2.24, 2.45) is 0 Å². The number of para-hydroxylation sites is 4. The molecule has 2 aliphatic carbocycles. The molecular formula is C68H56N4. The van der Waals surface area contributed by atoms with E-state index in [2.05, 4.69) is 302 Å². The third kappa shape index (κ3) is 8.11. The van der Waals surface area contributed by atoms with Crippen molar-refractivity contribution in [1.82, 2.24) is 0 Å². The smallest absolute Gasteiger partial charge is 0.0805 e. The van der Waals surface area contributed by atoms with Gasteiger partial charge in [-0.05, 0) is 159 Å². The van der Waals surface area contributed by atoms with Gasteiger partial charge in [-0.2, -0.15) is 0 Å². The van der Waals surface area contributed by atoms with E-state index in [1.165, 1.54) is 55.3 Å². The molecule has 2 unspecified atom stereocenters. The predicted octanol–water partition coefficient (Wildman–Crippen LogP) is 18.2. The van der Waals surface area contributed by atoms with Crippen LogP contribution in [0.3, 0.4) is 0 Å². The first-order valence-corrected chi connectivity index (χ1v) is 25.1. The van der Waals surface area contributed by atoms with Crippen LogP contribution in [0.25, 0.3) is 22.2 Å². The lowest BCUT2D eigenvalue weighted by molar-refractivity contribution is 0.841. The van der Waals surface area contributed by atoms with Crippen molar-refractivity contribution in [3.63, 3.8) is 0 Å². The van der Waals surface area contributed by atoms with Gasteiger partial charge in [0.2, 0.25) is 0 Å². The molecule has 0 spiro atoms. The van der Waals surface area contributed by atoms with Gasteiger partial charge in [0.1, 0.15) is 0 Å². The first-order chi connectivity index (χ1) is 35.4. The van der Waals surface area contributed by atoms with Gasteiger partial charge in [-0.1, -0.05) is 168 Å². The fraction of sp³-hybridized carbons (Fsp3) is 0.0882. The van der Waals surface area contributed by atoms with E-state index in [1.54, 1.807) is 0 Å². The second kappa shape index (κ2) is 18.8. The summed E-state index contributed by atoms with van der Waals surface area (Å²) < 4.78 is 0. The monoisotopic (exact) mass is 928 g/mol. The lowest BCUT2D eigenvalue weighted by Crippen LogP contribution is -2.30. The van der Waals surface area contributed by atoms with E-state index in [1.807, 2.05) is 0 Å². The van der Waals surface area contributed by atoms with Crippen LogP contribution in [-0.4, -0.2) is 0 Å². The Labute approximate surface area is 424 Å². The minimum absolute atomic E-state index is 0.212. The molecule has 0 saturated heterocycles. The highest BCUT2D eigenvalue weighted by atomic mass is 15.2. The summed E-state index contributed by atoms with van der Waals surface area (Å²) in [6.45, 7) is 8.66. The summed E-state index contributed by atoms with van der Waals surface area (Å²) in [6, 6.07) is 88.9. The minimum atomic E-state index is -0.212. The Bertz CT molecular complexity index is 3340. The van der Waals surface area contributed by atoms with E-state index in [9.17, 15) is 0 Å². The molecule has 0 fully saturated rings. The molecule has 10 aromatic rings. The number of benzene rings is 10. The van der Waals surface area contributed by atoms with Crippen molar-refractivity contribution in [2.75, 3.05) is 19.6 Å². The third-order valence-electron chi connectivity index (χ3n) is 14.4. The molecule has 0 heterocycles. The molecule has 0 aromatic heterocycles. The zero-order valence-electron chi connectivity index (χ0n) is 41.2. The standard InChI is InChI=1S/C68H56N4/c1-47-25-33-55(34-26-47)69(51-17-9-5-10-18-51)63-45-64(70(52-19-11-6-12-20-52)56-35-27-48(2)28-36-56)60-43-44-62-66(72(54-23-15-8-16-24-54)58-39-31-50(4)32-40-58)46-65(61-42-41-59(63)67(60)68(61)62)71(53-21-13-7-14-22-53)57-37-29-49(3)30-38-57/h5-46,63,66H,1-4H3. The van der Waals surface area contributed by atoms with Crippen LogP contribution in [0.4, 0.5) is 45.5 Å². The number of nitrogens with zero attached hydrogens (tertiary/aromatic N) is 4. The van der Waals surface area contributed by atoms with E-state index < -0.39 is 0 Å². The summed E-state index contributed by atoms with van der Waals surface area (Å²) in [5.41, 5.74) is 20.9. The molecule has 0 aliphatic heterocycles. The molecule has 0 saturated carbocycles. The summed E-state index contributed by atoms with van der Waals surface area (Å²) in [7, 11) is 0. The molecule has 0 radical (unpaired) electrons. The molecule has 4 nitrogen and oxygen atoms in total. The Balaban J connectivity index is 1.21. The van der Waals surface area contributed by atoms with Gasteiger partial charge in [-0.25, -0.2) is 0 Å². The molecule has 348 valence electrons. The SMILES string of the molecule is Cc1ccc(N(C2=CC(N(c3ccccc3)c3ccc(C)cc3)c3ccc4c5c(ccc2c35)C(N(c2ccccc2)c2ccc(C)cc2)C=C4N(c2ccccc2)c2ccc(C)cc2)c2ccccc2)cc1. The summed E-state index contributed by atoms with van der Waals surface area (Å²) >= 11 is 0. The van der Waals surface area contributed by atoms with Crippen LogP contribution in [0.15, 0.2) is 255 Å². The van der Waals surface area contributed by atoms with Crippen LogP contribution in [-0.2, 0) is 0 Å². The average molecular weight is 929 g/mol. The predicted molar refractivity (Wildman–Crippen MR) is 304 cm³/mol. The highest BCUT2D eigenvalue weighted by Gasteiger charge is 2.38. The second-order valence-electron chi connectivity index (χ2n) is 19.2. The van der Waals surface area contributed by atoms with Crippen LogP contribution >= 0.6 is 0 Å². The fourth-order valence-electron chi connectivity index (χ4n) is 10.9. The van der Waals surface area contributed by atoms with Crippen molar-refractivity contribution in [1.29, 1.82) is 0 Å². The zero-order valence-corrected chi connectivity index (χ0v) is 41.2. The van der Waals surface area contributed by atoms with E-state index in [0.717, 1.165) is 56.9 Å². The minimum Gasteiger partial charge on any atom is -0.330 e. The largest absolute Gasteiger partial charge is 0.330 e. The maximum atomic E-state index is 2.53. The number of hydrogen-bond acceptors (Lipinski definition) is 4. The molecule has 0 bridgehead atoms. The van der Waals surface area contributed by atoms with Crippen LogP contribution in [0.5, 0.6) is 0 Å². The number of rotatable bonds is 12. The van der Waals surface area contributed by atoms with Crippen molar-refractivity contribution in [3.8, 4) is 0 Å². The fourth-order valence-corrected chi connectivity index (χ4v) is 10.9. The van der Waals surface area contributed by atoms with E-state index in [4.69, 9.17) is 0 Å². The van der Waals surface area contributed by atoms with Crippen molar-refractivity contribution < 1.29 is 0 Å². The van der Waals surface area contributed by atoms with Crippen molar-refractivity contribution >= 4 is 67.7 Å². The molecule has 0 amide bonds. The Kier molecular flexibility index (Phi) is 11.6. The van der Waals surface area contributed by atoms with Crippen molar-refractivity contribution in [3.05, 3.63) is 299 Å². The molecule has 2 atom stereocenters. The van der Waals surface area contributed by atoms with Crippen molar-refractivity contribution in [2.45, 2.75) is 39.8 Å². The Hall–Kier alpha value is -8.86. The molecular weight excluding hydrogens is 873 g/mol. The van der Waals surface area contributed by atoms with Gasteiger partial charge in [0, 0.05) is 56.6 Å². The average Bonchev–Trinajstić information content (AvgIpc) is 3.42. The molecule has 12 rings (SSSR count). The Morgan fingerprint density at radius 3 is 0.806 bits per heavy atom. The normalized spacial score (nSPS) is 14.6. The summed E-state index contributed by atoms with van der Waals surface area (Å²) in [5, 5.41) is 2.50. The number of aryl methyl sites for hydroxylation is 4.